The maximum Gasteiger partial charge on any atom is 0.135 e. The highest BCUT2D eigenvalue weighted by molar-refractivity contribution is 7.99. The number of benzene rings is 9. The molecule has 3 heterocycles. The number of rotatable bonds is 3. The fourth-order valence-electron chi connectivity index (χ4n) is 9.95. The second kappa shape index (κ2) is 11.7. The molecule has 9 aromatic carbocycles. The number of hydrogen-bond acceptors (Lipinski definition) is 4. The maximum absolute atomic E-state index is 6.35. The second-order valence-electron chi connectivity index (χ2n) is 15.2. The summed E-state index contributed by atoms with van der Waals surface area (Å²) < 4.78 is 8.94. The molecule has 0 unspecified atom stereocenters. The lowest BCUT2D eigenvalue weighted by molar-refractivity contribution is 0.669. The molecule has 13 rings (SSSR count). The lowest BCUT2D eigenvalue weighted by Gasteiger charge is -2.40. The normalized spacial score (nSPS) is 13.7. The first-order valence-electron chi connectivity index (χ1n) is 19.4. The van der Waals surface area contributed by atoms with Crippen molar-refractivity contribution >= 4 is 93.0 Å². The van der Waals surface area contributed by atoms with Crippen LogP contribution in [0.4, 0.5) is 17.1 Å². The molecule has 11 aromatic rings. The van der Waals surface area contributed by atoms with E-state index in [2.05, 4.69) is 187 Å². The van der Waals surface area contributed by atoms with Crippen LogP contribution in [0.15, 0.2) is 202 Å². The molecule has 0 saturated carbocycles. The number of thiophene rings is 1. The molecule has 0 N–H and O–H groups in total. The van der Waals surface area contributed by atoms with Crippen molar-refractivity contribution in [2.24, 2.45) is 0 Å². The minimum Gasteiger partial charge on any atom is -0.456 e. The number of fused-ring (bicyclic) bond motifs is 17. The van der Waals surface area contributed by atoms with Gasteiger partial charge in [-0.05, 0) is 117 Å². The SMILES string of the molecule is c1ccc2c(c1)Sc1ccccc1C21c2cc(N(c3ccc4oc5ccccc5c4c3)c3ccc4sc5ccccc5c4c3)ccc2-c2c1ccc1ccccc21. The van der Waals surface area contributed by atoms with Crippen molar-refractivity contribution in [2.75, 3.05) is 4.90 Å². The zero-order chi connectivity index (χ0) is 37.2. The second-order valence-corrected chi connectivity index (χ2v) is 17.3. The van der Waals surface area contributed by atoms with Gasteiger partial charge in [-0.1, -0.05) is 127 Å². The molecule has 0 fully saturated rings. The smallest absolute Gasteiger partial charge is 0.135 e. The quantitative estimate of drug-likeness (QED) is 0.178. The summed E-state index contributed by atoms with van der Waals surface area (Å²) in [5, 5.41) is 7.34. The topological polar surface area (TPSA) is 16.4 Å². The standard InChI is InChI=1S/C53H31NOS2/c1-2-12-36-32(11-1)21-26-44-52(36)39-25-22-35(31-45(39)53(44)42-15-5-9-19-50(42)57-51-20-10-6-16-43(51)53)54(33-23-27-47-40(29-33)37-13-3-7-17-46(37)55-47)34-24-28-49-41(30-34)38-14-4-8-18-48(38)56-49/h1-31H. The van der Waals surface area contributed by atoms with Crippen LogP contribution in [0.2, 0.25) is 0 Å². The summed E-state index contributed by atoms with van der Waals surface area (Å²) in [5.41, 5.74) is 12.6. The van der Waals surface area contributed by atoms with Gasteiger partial charge in [0, 0.05) is 57.8 Å². The van der Waals surface area contributed by atoms with E-state index in [1.807, 2.05) is 29.2 Å². The predicted molar refractivity (Wildman–Crippen MR) is 240 cm³/mol. The summed E-state index contributed by atoms with van der Waals surface area (Å²) in [6.45, 7) is 0. The Morgan fingerprint density at radius 2 is 1.02 bits per heavy atom. The molecule has 0 bridgehead atoms. The van der Waals surface area contributed by atoms with E-state index in [1.165, 1.54) is 74.1 Å². The molecule has 1 spiro atoms. The Labute approximate surface area is 337 Å². The van der Waals surface area contributed by atoms with Gasteiger partial charge in [0.2, 0.25) is 0 Å². The Bertz CT molecular complexity index is 3320. The molecule has 0 amide bonds. The average Bonchev–Trinajstić information content (AvgIpc) is 3.92. The summed E-state index contributed by atoms with van der Waals surface area (Å²) in [4.78, 5) is 5.06. The van der Waals surface area contributed by atoms with Gasteiger partial charge < -0.3 is 9.32 Å². The van der Waals surface area contributed by atoms with Crippen molar-refractivity contribution in [1.29, 1.82) is 0 Å². The van der Waals surface area contributed by atoms with Crippen LogP contribution in [-0.2, 0) is 5.41 Å². The van der Waals surface area contributed by atoms with Gasteiger partial charge in [-0.3, -0.25) is 0 Å². The van der Waals surface area contributed by atoms with Crippen LogP contribution in [0.1, 0.15) is 22.3 Å². The van der Waals surface area contributed by atoms with Gasteiger partial charge in [-0.2, -0.15) is 0 Å². The van der Waals surface area contributed by atoms with E-state index >= 15 is 0 Å². The fraction of sp³-hybridized carbons (Fsp3) is 0.0189. The van der Waals surface area contributed by atoms with Crippen LogP contribution in [0.3, 0.4) is 0 Å². The number of nitrogens with zero attached hydrogens (tertiary/aromatic N) is 1. The minimum absolute atomic E-state index is 0.507. The lowest BCUT2D eigenvalue weighted by Crippen LogP contribution is -2.32. The number of para-hydroxylation sites is 1. The van der Waals surface area contributed by atoms with E-state index in [9.17, 15) is 0 Å². The third kappa shape index (κ3) is 4.32. The van der Waals surface area contributed by atoms with Gasteiger partial charge in [0.05, 0.1) is 5.41 Å². The van der Waals surface area contributed by atoms with Crippen LogP contribution in [0.5, 0.6) is 0 Å². The van der Waals surface area contributed by atoms with Gasteiger partial charge in [-0.15, -0.1) is 11.3 Å². The molecule has 2 aliphatic rings. The highest BCUT2D eigenvalue weighted by Gasteiger charge is 2.50. The summed E-state index contributed by atoms with van der Waals surface area (Å²) in [6.07, 6.45) is 0. The molecule has 1 aliphatic carbocycles. The fourth-order valence-corrected chi connectivity index (χ4v) is 12.2. The average molecular weight is 762 g/mol. The Hall–Kier alpha value is -6.59. The van der Waals surface area contributed by atoms with Crippen molar-refractivity contribution in [3.8, 4) is 11.1 Å². The molecule has 1 aliphatic heterocycles. The van der Waals surface area contributed by atoms with Crippen LogP contribution >= 0.6 is 23.1 Å². The highest BCUT2D eigenvalue weighted by atomic mass is 32.2. The van der Waals surface area contributed by atoms with Gasteiger partial charge in [-0.25, -0.2) is 0 Å². The molecule has 0 atom stereocenters. The molecule has 2 aromatic heterocycles. The van der Waals surface area contributed by atoms with Crippen LogP contribution < -0.4 is 4.90 Å². The first-order valence-corrected chi connectivity index (χ1v) is 21.0. The molecule has 4 heteroatoms. The van der Waals surface area contributed by atoms with E-state index in [0.717, 1.165) is 39.0 Å². The van der Waals surface area contributed by atoms with Crippen molar-refractivity contribution < 1.29 is 4.42 Å². The van der Waals surface area contributed by atoms with E-state index in [4.69, 9.17) is 4.42 Å². The Morgan fingerprint density at radius 3 is 1.86 bits per heavy atom. The number of anilines is 3. The van der Waals surface area contributed by atoms with Crippen molar-refractivity contribution in [1.82, 2.24) is 0 Å². The lowest BCUT2D eigenvalue weighted by atomic mass is 9.67. The Morgan fingerprint density at radius 1 is 0.404 bits per heavy atom. The Balaban J connectivity index is 1.13. The van der Waals surface area contributed by atoms with Crippen molar-refractivity contribution in [3.05, 3.63) is 210 Å². The molecule has 2 nitrogen and oxygen atoms in total. The van der Waals surface area contributed by atoms with Gasteiger partial charge in [0.1, 0.15) is 11.2 Å². The monoisotopic (exact) mass is 761 g/mol. The van der Waals surface area contributed by atoms with Gasteiger partial charge >= 0.3 is 0 Å². The zero-order valence-electron chi connectivity index (χ0n) is 30.6. The van der Waals surface area contributed by atoms with Crippen molar-refractivity contribution in [3.63, 3.8) is 0 Å². The van der Waals surface area contributed by atoms with E-state index in [1.54, 1.807) is 0 Å². The van der Waals surface area contributed by atoms with Crippen LogP contribution in [0, 0.1) is 0 Å². The first kappa shape index (κ1) is 31.6. The molecular weight excluding hydrogens is 731 g/mol. The highest BCUT2D eigenvalue weighted by Crippen LogP contribution is 2.64. The van der Waals surface area contributed by atoms with Crippen LogP contribution in [-0.4, -0.2) is 0 Å². The van der Waals surface area contributed by atoms with E-state index < -0.39 is 5.41 Å². The van der Waals surface area contributed by atoms with Crippen molar-refractivity contribution in [2.45, 2.75) is 15.2 Å². The van der Waals surface area contributed by atoms with Gasteiger partial charge in [0.25, 0.3) is 0 Å². The zero-order valence-corrected chi connectivity index (χ0v) is 32.2. The molecule has 0 radical (unpaired) electrons. The summed E-state index contributed by atoms with van der Waals surface area (Å²) >= 11 is 3.74. The van der Waals surface area contributed by atoms with E-state index in [0.29, 0.717) is 0 Å². The van der Waals surface area contributed by atoms with Gasteiger partial charge in [0.15, 0.2) is 0 Å². The minimum atomic E-state index is -0.507. The molecule has 266 valence electrons. The maximum atomic E-state index is 6.35. The van der Waals surface area contributed by atoms with Crippen LogP contribution in [0.25, 0.3) is 64.0 Å². The largest absolute Gasteiger partial charge is 0.456 e. The predicted octanol–water partition coefficient (Wildman–Crippen LogP) is 15.4. The molecule has 0 saturated heterocycles. The van der Waals surface area contributed by atoms with E-state index in [-0.39, 0.29) is 0 Å². The molecular formula is C53H31NOS2. The summed E-state index contributed by atoms with van der Waals surface area (Å²) in [6, 6.07) is 69.8. The summed E-state index contributed by atoms with van der Waals surface area (Å²) in [7, 11) is 0. The summed E-state index contributed by atoms with van der Waals surface area (Å²) in [5.74, 6) is 0. The number of furan rings is 1. The first-order chi connectivity index (χ1) is 28.2. The Kier molecular flexibility index (Phi) is 6.50. The third-order valence-corrected chi connectivity index (χ3v) is 14.6. The third-order valence-electron chi connectivity index (χ3n) is 12.3. The number of hydrogen-bond donors (Lipinski definition) is 0. The molecule has 57 heavy (non-hydrogen) atoms.